The van der Waals surface area contributed by atoms with Crippen molar-refractivity contribution in [2.45, 2.75) is 115 Å². The average Bonchev–Trinajstić information content (AvgIpc) is 2.62. The second-order valence-electron chi connectivity index (χ2n) is 9.34. The number of nitrogens with one attached hydrogen (secondary N) is 2. The third-order valence-corrected chi connectivity index (χ3v) is 6.88. The zero-order valence-electron chi connectivity index (χ0n) is 17.4. The summed E-state index contributed by atoms with van der Waals surface area (Å²) in [5.41, 5.74) is -3.07. The first-order valence-electron chi connectivity index (χ1n) is 10.6. The molecule has 2 aliphatic carbocycles. The highest BCUT2D eigenvalue weighted by molar-refractivity contribution is 6.04. The molecule has 27 heavy (non-hydrogen) atoms. The van der Waals surface area contributed by atoms with Crippen molar-refractivity contribution in [3.63, 3.8) is 0 Å². The van der Waals surface area contributed by atoms with E-state index >= 15 is 0 Å². The molecule has 2 rings (SSSR count). The minimum atomic E-state index is -1.28. The van der Waals surface area contributed by atoms with Crippen molar-refractivity contribution in [1.82, 2.24) is 10.6 Å². The summed E-state index contributed by atoms with van der Waals surface area (Å²) in [6.07, 6.45) is 8.72. The minimum absolute atomic E-state index is 0.394. The van der Waals surface area contributed by atoms with Crippen LogP contribution in [0.5, 0.6) is 0 Å². The summed E-state index contributed by atoms with van der Waals surface area (Å²) < 4.78 is 0. The summed E-state index contributed by atoms with van der Waals surface area (Å²) in [5, 5.41) is 27.3. The van der Waals surface area contributed by atoms with Gasteiger partial charge in [0, 0.05) is 0 Å². The highest BCUT2D eigenvalue weighted by atomic mass is 16.3. The first-order chi connectivity index (χ1) is 12.5. The number of rotatable bonds is 6. The van der Waals surface area contributed by atoms with Crippen LogP contribution in [-0.2, 0) is 9.59 Å². The van der Waals surface area contributed by atoms with E-state index in [0.717, 1.165) is 38.5 Å². The van der Waals surface area contributed by atoms with Gasteiger partial charge < -0.3 is 20.8 Å². The summed E-state index contributed by atoms with van der Waals surface area (Å²) in [6, 6.07) is -0.811. The van der Waals surface area contributed by atoms with Gasteiger partial charge >= 0.3 is 0 Å². The van der Waals surface area contributed by atoms with E-state index in [2.05, 4.69) is 10.6 Å². The lowest BCUT2D eigenvalue weighted by molar-refractivity contribution is -0.145. The molecule has 4 N–H and O–H groups in total. The highest BCUT2D eigenvalue weighted by Crippen LogP contribution is 2.33. The molecule has 2 aliphatic rings. The largest absolute Gasteiger partial charge is 0.388 e. The van der Waals surface area contributed by atoms with Gasteiger partial charge in [0.05, 0.1) is 23.3 Å². The van der Waals surface area contributed by atoms with Gasteiger partial charge in [-0.3, -0.25) is 9.59 Å². The van der Waals surface area contributed by atoms with Crippen molar-refractivity contribution in [2.75, 3.05) is 0 Å². The molecule has 0 aromatic carbocycles. The monoisotopic (exact) mass is 382 g/mol. The van der Waals surface area contributed by atoms with Crippen molar-refractivity contribution in [2.24, 2.45) is 5.41 Å². The second-order valence-corrected chi connectivity index (χ2v) is 9.34. The Hall–Kier alpha value is -1.14. The van der Waals surface area contributed by atoms with Crippen LogP contribution >= 0.6 is 0 Å². The molecule has 0 bridgehead atoms. The lowest BCUT2D eigenvalue weighted by Crippen LogP contribution is -2.59. The number of hydrogen-bond acceptors (Lipinski definition) is 4. The molecule has 0 aliphatic heterocycles. The maximum absolute atomic E-state index is 12.8. The summed E-state index contributed by atoms with van der Waals surface area (Å²) in [6.45, 7) is 6.80. The normalized spacial score (nSPS) is 24.5. The fraction of sp³-hybridized carbons (Fsp3) is 0.905. The summed E-state index contributed by atoms with van der Waals surface area (Å²) in [4.78, 5) is 25.6. The number of carbonyl (C=O) groups is 2. The molecule has 2 atom stereocenters. The Morgan fingerprint density at radius 2 is 1.04 bits per heavy atom. The Labute approximate surface area is 163 Å². The number of amides is 2. The van der Waals surface area contributed by atoms with Gasteiger partial charge in [0.1, 0.15) is 5.41 Å². The Morgan fingerprint density at radius 1 is 0.741 bits per heavy atom. The molecular formula is C21H38N2O4. The fourth-order valence-corrected chi connectivity index (χ4v) is 4.32. The molecule has 2 saturated carbocycles. The molecule has 0 heterocycles. The van der Waals surface area contributed by atoms with E-state index < -0.39 is 40.5 Å². The quantitative estimate of drug-likeness (QED) is 0.530. The molecule has 0 aromatic rings. The maximum atomic E-state index is 12.8. The number of hydrogen-bond donors (Lipinski definition) is 4. The van der Waals surface area contributed by atoms with Gasteiger partial charge in [0.15, 0.2) is 0 Å². The van der Waals surface area contributed by atoms with E-state index in [9.17, 15) is 19.8 Å². The van der Waals surface area contributed by atoms with Crippen molar-refractivity contribution in [3.8, 4) is 0 Å². The molecule has 0 spiro atoms. The van der Waals surface area contributed by atoms with Gasteiger partial charge in [-0.15, -0.1) is 0 Å². The molecule has 0 unspecified atom stereocenters. The SMILES string of the molecule is C[C@@H](NC(=O)C(C)(C)C(=O)N[C@H](C)C1(O)CCCCC1)C1(O)CCCCC1. The third kappa shape index (κ3) is 5.02. The van der Waals surface area contributed by atoms with E-state index in [1.165, 1.54) is 0 Å². The van der Waals surface area contributed by atoms with Crippen LogP contribution in [-0.4, -0.2) is 45.3 Å². The summed E-state index contributed by atoms with van der Waals surface area (Å²) in [7, 11) is 0. The van der Waals surface area contributed by atoms with Crippen LogP contribution < -0.4 is 10.6 Å². The average molecular weight is 383 g/mol. The van der Waals surface area contributed by atoms with Crippen LogP contribution in [0, 0.1) is 5.41 Å². The molecule has 6 heteroatoms. The molecule has 156 valence electrons. The van der Waals surface area contributed by atoms with E-state index in [-0.39, 0.29) is 0 Å². The standard InChI is InChI=1S/C21H38N2O4/c1-15(20(26)11-7-5-8-12-20)22-17(24)19(3,4)18(25)23-16(2)21(27)13-9-6-10-14-21/h15-16,26-27H,5-14H2,1-4H3,(H,22,24)(H,23,25)/t15-,16-/m1/s1. The van der Waals surface area contributed by atoms with Gasteiger partial charge in [0.2, 0.25) is 11.8 Å². The van der Waals surface area contributed by atoms with Gasteiger partial charge in [0.25, 0.3) is 0 Å². The van der Waals surface area contributed by atoms with E-state index in [0.29, 0.717) is 25.7 Å². The van der Waals surface area contributed by atoms with E-state index in [1.807, 2.05) is 13.8 Å². The Bertz CT molecular complexity index is 488. The predicted octanol–water partition coefficient (Wildman–Crippen LogP) is 2.41. The molecule has 2 fully saturated rings. The van der Waals surface area contributed by atoms with Crippen LogP contribution in [0.2, 0.25) is 0 Å². The fourth-order valence-electron chi connectivity index (χ4n) is 4.32. The van der Waals surface area contributed by atoms with Gasteiger partial charge in [-0.05, 0) is 53.4 Å². The van der Waals surface area contributed by atoms with Gasteiger partial charge in [-0.2, -0.15) is 0 Å². The lowest BCUT2D eigenvalue weighted by atomic mass is 9.78. The van der Waals surface area contributed by atoms with E-state index in [4.69, 9.17) is 0 Å². The molecule has 2 amide bonds. The second kappa shape index (κ2) is 8.48. The zero-order valence-corrected chi connectivity index (χ0v) is 17.4. The van der Waals surface area contributed by atoms with Crippen LogP contribution in [0.3, 0.4) is 0 Å². The van der Waals surface area contributed by atoms with Crippen molar-refractivity contribution in [1.29, 1.82) is 0 Å². The van der Waals surface area contributed by atoms with Gasteiger partial charge in [-0.25, -0.2) is 0 Å². The summed E-state index contributed by atoms with van der Waals surface area (Å²) in [5.74, 6) is -0.788. The zero-order chi connectivity index (χ0) is 20.3. The maximum Gasteiger partial charge on any atom is 0.235 e. The first kappa shape index (κ1) is 22.2. The predicted molar refractivity (Wildman–Crippen MR) is 105 cm³/mol. The third-order valence-electron chi connectivity index (χ3n) is 6.88. The molecule has 0 aromatic heterocycles. The molecule has 6 nitrogen and oxygen atoms in total. The lowest BCUT2D eigenvalue weighted by Gasteiger charge is -2.40. The highest BCUT2D eigenvalue weighted by Gasteiger charge is 2.43. The van der Waals surface area contributed by atoms with Crippen molar-refractivity contribution >= 4 is 11.8 Å². The number of aliphatic hydroxyl groups is 2. The first-order valence-corrected chi connectivity index (χ1v) is 10.6. The molecule has 0 saturated heterocycles. The Balaban J connectivity index is 1.96. The summed E-state index contributed by atoms with van der Waals surface area (Å²) >= 11 is 0. The Morgan fingerprint density at radius 3 is 1.33 bits per heavy atom. The number of carbonyl (C=O) groups excluding carboxylic acids is 2. The molecule has 0 radical (unpaired) electrons. The Kier molecular flexibility index (Phi) is 6.96. The van der Waals surface area contributed by atoms with Crippen LogP contribution in [0.15, 0.2) is 0 Å². The van der Waals surface area contributed by atoms with Gasteiger partial charge in [-0.1, -0.05) is 38.5 Å². The smallest absolute Gasteiger partial charge is 0.235 e. The molecular weight excluding hydrogens is 344 g/mol. The van der Waals surface area contributed by atoms with Crippen LogP contribution in [0.4, 0.5) is 0 Å². The van der Waals surface area contributed by atoms with Crippen LogP contribution in [0.25, 0.3) is 0 Å². The van der Waals surface area contributed by atoms with Crippen LogP contribution in [0.1, 0.15) is 91.9 Å². The van der Waals surface area contributed by atoms with Crippen molar-refractivity contribution in [3.05, 3.63) is 0 Å². The topological polar surface area (TPSA) is 98.7 Å². The van der Waals surface area contributed by atoms with E-state index in [1.54, 1.807) is 13.8 Å². The minimum Gasteiger partial charge on any atom is -0.388 e. The van der Waals surface area contributed by atoms with Crippen molar-refractivity contribution < 1.29 is 19.8 Å².